The molecule has 0 spiro atoms. The van der Waals surface area contributed by atoms with Gasteiger partial charge in [-0.05, 0) is 147 Å². The number of hydrogen-bond acceptors (Lipinski definition) is 13. The van der Waals surface area contributed by atoms with Crippen LogP contribution in [0.5, 0.6) is 0 Å². The van der Waals surface area contributed by atoms with E-state index in [-0.39, 0.29) is 0 Å². The van der Waals surface area contributed by atoms with E-state index >= 15 is 0 Å². The van der Waals surface area contributed by atoms with E-state index in [0.717, 1.165) is 117 Å². The van der Waals surface area contributed by atoms with Gasteiger partial charge in [-0.25, -0.2) is 34.1 Å². The lowest BCUT2D eigenvalue weighted by atomic mass is 9.37. The summed E-state index contributed by atoms with van der Waals surface area (Å²) in [5.74, 6) is 3.54. The van der Waals surface area contributed by atoms with Crippen molar-refractivity contribution < 1.29 is 0 Å². The first-order chi connectivity index (χ1) is 57.6. The molecule has 20 aromatic rings. The Labute approximate surface area is 671 Å². The van der Waals surface area contributed by atoms with Gasteiger partial charge >= 0.3 is 41.9 Å². The van der Waals surface area contributed by atoms with Crippen molar-refractivity contribution >= 4 is 165 Å². The minimum Gasteiger partial charge on any atom is -0.416 e. The Bertz CT molecular complexity index is 6950. The quantitative estimate of drug-likeness (QED) is 0.0904. The number of rotatable bonds is 15. The second-order valence-corrected chi connectivity index (χ2v) is 29.3. The number of anilines is 6. The molecule has 17 nitrogen and oxygen atoms in total. The fourth-order valence-electron chi connectivity index (χ4n) is 17.9. The Morgan fingerprint density at radius 3 is 0.888 bits per heavy atom. The molecule has 0 saturated carbocycles. The van der Waals surface area contributed by atoms with E-state index in [1.54, 1.807) is 6.33 Å². The van der Waals surface area contributed by atoms with E-state index < -0.39 is 41.9 Å². The predicted molar refractivity (Wildman–Crippen MR) is 479 cm³/mol. The van der Waals surface area contributed by atoms with Gasteiger partial charge in [0.05, 0.1) is 44.1 Å². The van der Waals surface area contributed by atoms with Crippen LogP contribution in [0, 0.1) is 0 Å². The van der Waals surface area contributed by atoms with Crippen LogP contribution in [0.15, 0.2) is 407 Å². The van der Waals surface area contributed by atoms with Crippen molar-refractivity contribution in [2.45, 2.75) is 0 Å². The van der Waals surface area contributed by atoms with E-state index in [2.05, 4.69) is 428 Å². The molecule has 0 aliphatic carbocycles. The molecule has 2 aliphatic rings. The highest BCUT2D eigenvalue weighted by atomic mass is 15.4. The fourth-order valence-corrected chi connectivity index (χ4v) is 17.9. The molecule has 0 amide bonds. The van der Waals surface area contributed by atoms with Gasteiger partial charge in [0.2, 0.25) is 29.4 Å². The van der Waals surface area contributed by atoms with Crippen LogP contribution in [-0.2, 0) is 0 Å². The number of nitrogens with zero attached hydrogens (tertiary/aromatic N) is 17. The molecule has 14 aromatic carbocycles. The first-order valence-corrected chi connectivity index (χ1v) is 39.2. The molecule has 0 atom stereocenters. The van der Waals surface area contributed by atoms with Crippen molar-refractivity contribution in [2.24, 2.45) is 0 Å². The van der Waals surface area contributed by atoms with Crippen LogP contribution in [0.25, 0.3) is 78.7 Å². The van der Waals surface area contributed by atoms with E-state index in [9.17, 15) is 0 Å². The molecule has 2 fully saturated rings. The summed E-state index contributed by atoms with van der Waals surface area (Å²) in [5, 5.41) is 0. The topological polar surface area (TPSA) is 128 Å². The maximum Gasteiger partial charge on any atom is 0.391 e. The third kappa shape index (κ3) is 11.4. The van der Waals surface area contributed by atoms with Gasteiger partial charge in [-0.15, -0.1) is 0 Å². The molecular weight excluding hydrogens is 1420 g/mol. The number of benzene rings is 14. The van der Waals surface area contributed by atoms with Crippen LogP contribution in [0.2, 0.25) is 0 Å². The Kier molecular flexibility index (Phi) is 16.7. The number of hydrogen-bond donors (Lipinski definition) is 0. The van der Waals surface area contributed by atoms with Crippen molar-refractivity contribution in [2.75, 3.05) is 28.3 Å². The highest BCUT2D eigenvalue weighted by molar-refractivity contribution is 7.16. The summed E-state index contributed by atoms with van der Waals surface area (Å²) in [6.45, 7) is -2.85. The Morgan fingerprint density at radius 1 is 0.198 bits per heavy atom. The van der Waals surface area contributed by atoms with Crippen molar-refractivity contribution in [1.29, 1.82) is 0 Å². The van der Waals surface area contributed by atoms with E-state index in [4.69, 9.17) is 34.9 Å². The summed E-state index contributed by atoms with van der Waals surface area (Å²) in [4.78, 5) is 37.7. The minimum absolute atomic E-state index is 0.400. The standard InChI is InChI=1S/C93H67B6N17/c1-9-33-70(34-10-1)94-111(76-43-19-6-20-44-76)96(72-37-13-3-14-38-72)115(88-65-66-100-89(105-88)109-86-55-31-29-53-84(86)107-82-51-27-25-49-80(82)103-92(107)109)97(73-39-15-4-16-40-73)114(94)79-63-59-69(60-64-79)68-57-61-75(62-58-68)99-113(78-47-23-8-24-48-78)95(71-35-11-2-12-36-71)112(77-45-21-7-22-46-77)98(74-41-17-5-18-42-74)116(99)91-102-67-101-90(106-91)110-87-56-32-30-54-85(87)108-83-52-28-26-50-81(83)104-93(108)110/h1-67H. The number of para-hydroxylation sites is 11. The summed E-state index contributed by atoms with van der Waals surface area (Å²) in [6.07, 6.45) is 3.56. The first-order valence-electron chi connectivity index (χ1n) is 39.2. The predicted octanol–water partition coefficient (Wildman–Crippen LogP) is 13.9. The summed E-state index contributed by atoms with van der Waals surface area (Å²) in [5.41, 5.74) is 20.2. The normalized spacial score (nSPS) is 13.5. The van der Waals surface area contributed by atoms with Gasteiger partial charge in [0.1, 0.15) is 12.1 Å². The lowest BCUT2D eigenvalue weighted by molar-refractivity contribution is 0.923. The molecule has 2 saturated heterocycles. The Morgan fingerprint density at radius 2 is 0.491 bits per heavy atom. The third-order valence-electron chi connectivity index (χ3n) is 22.8. The van der Waals surface area contributed by atoms with Crippen LogP contribution in [0.1, 0.15) is 0 Å². The maximum absolute atomic E-state index is 5.80. The van der Waals surface area contributed by atoms with Crippen LogP contribution in [0.3, 0.4) is 0 Å². The van der Waals surface area contributed by atoms with E-state index in [1.165, 1.54) is 0 Å². The van der Waals surface area contributed by atoms with Crippen molar-refractivity contribution in [3.63, 3.8) is 0 Å². The molecule has 0 bridgehead atoms. The van der Waals surface area contributed by atoms with Crippen LogP contribution >= 0.6 is 0 Å². The molecule has 2 aliphatic heterocycles. The van der Waals surface area contributed by atoms with Crippen LogP contribution in [-0.4, -0.2) is 94.7 Å². The lowest BCUT2D eigenvalue weighted by Gasteiger charge is -2.56. The molecule has 0 unspecified atom stereocenters. The van der Waals surface area contributed by atoms with Gasteiger partial charge in [-0.2, -0.15) is 9.97 Å². The second kappa shape index (κ2) is 28.6. The summed E-state index contributed by atoms with van der Waals surface area (Å²) in [7, 11) is 0. The van der Waals surface area contributed by atoms with Crippen molar-refractivity contribution in [3.8, 4) is 23.0 Å². The Balaban J connectivity index is 0.723. The molecule has 116 heavy (non-hydrogen) atoms. The summed E-state index contributed by atoms with van der Waals surface area (Å²) < 4.78 is 23.7. The van der Waals surface area contributed by atoms with Crippen molar-refractivity contribution in [1.82, 2.24) is 52.8 Å². The largest absolute Gasteiger partial charge is 0.416 e. The lowest BCUT2D eigenvalue weighted by Crippen LogP contribution is -2.86. The molecule has 22 rings (SSSR count). The monoisotopic (exact) mass is 1490 g/mol. The second-order valence-electron chi connectivity index (χ2n) is 29.3. The van der Waals surface area contributed by atoms with Gasteiger partial charge in [0.15, 0.2) is 0 Å². The third-order valence-corrected chi connectivity index (χ3v) is 22.8. The van der Waals surface area contributed by atoms with Crippen LogP contribution in [0.4, 0.5) is 34.5 Å². The smallest absolute Gasteiger partial charge is 0.391 e. The molecule has 542 valence electrons. The summed E-state index contributed by atoms with van der Waals surface area (Å²) in [6, 6.07) is 141. The first kappa shape index (κ1) is 67.8. The minimum atomic E-state index is -0.575. The Hall–Kier alpha value is -15.1. The molecule has 0 N–H and O–H groups in total. The highest BCUT2D eigenvalue weighted by Crippen LogP contribution is 2.39. The average molecular weight is 1490 g/mol. The maximum atomic E-state index is 5.80. The molecule has 8 heterocycles. The van der Waals surface area contributed by atoms with Gasteiger partial charge < -0.3 is 28.3 Å². The van der Waals surface area contributed by atoms with Gasteiger partial charge in [0.25, 0.3) is 0 Å². The summed E-state index contributed by atoms with van der Waals surface area (Å²) >= 11 is 0. The van der Waals surface area contributed by atoms with Crippen LogP contribution < -0.4 is 61.1 Å². The number of imidazole rings is 4. The number of aromatic nitrogens is 11. The van der Waals surface area contributed by atoms with E-state index in [0.29, 0.717) is 29.4 Å². The molecular formula is C93H67B6N17. The zero-order chi connectivity index (χ0) is 76.6. The highest BCUT2D eigenvalue weighted by Gasteiger charge is 2.59. The van der Waals surface area contributed by atoms with Gasteiger partial charge in [-0.1, -0.05) is 291 Å². The zero-order valence-electron chi connectivity index (χ0n) is 62.7. The van der Waals surface area contributed by atoms with Gasteiger partial charge in [0, 0.05) is 28.9 Å². The SMILES string of the molecule is c1ccc(B2N(c3ccccc3)B(c3ccccc3)N(c3ccnc(-n4c5ccccc5n5c6ccccc6nc45)n3)B(c3ccccc3)N2c2ccc(-c3ccc(B4N(c5ccccc5)B(c5ccccc5)N(c5ccccc5)B(c5ccccc5)N4c4ncnc(-n5c6ccccc6n6c7ccccc7nc56)n4)cc3)cc2)cc1. The number of fused-ring (bicyclic) bond motifs is 10. The van der Waals surface area contributed by atoms with Gasteiger partial charge in [-0.3, -0.25) is 8.80 Å². The molecule has 6 aromatic heterocycles. The fraction of sp³-hybridized carbons (Fsp3) is 0. The zero-order valence-corrected chi connectivity index (χ0v) is 62.7. The van der Waals surface area contributed by atoms with E-state index in [1.807, 2.05) is 18.3 Å². The molecule has 23 heteroatoms. The molecule has 0 radical (unpaired) electrons. The average Bonchev–Trinajstić information content (AvgIpc) is 1.04. The van der Waals surface area contributed by atoms with Crippen molar-refractivity contribution in [3.05, 3.63) is 407 Å².